The van der Waals surface area contributed by atoms with E-state index in [9.17, 15) is 0 Å². The highest BCUT2D eigenvalue weighted by molar-refractivity contribution is 8.00. The molecule has 3 unspecified atom stereocenters. The van der Waals surface area contributed by atoms with Crippen LogP contribution in [0.4, 0.5) is 0 Å². The topological polar surface area (TPSA) is 0 Å². The van der Waals surface area contributed by atoms with Crippen molar-refractivity contribution in [3.05, 3.63) is 11.6 Å². The van der Waals surface area contributed by atoms with Crippen molar-refractivity contribution in [1.29, 1.82) is 0 Å². The van der Waals surface area contributed by atoms with Crippen molar-refractivity contribution < 1.29 is 0 Å². The van der Waals surface area contributed by atoms with Crippen LogP contribution >= 0.6 is 11.8 Å². The second-order valence-corrected chi connectivity index (χ2v) is 7.57. The molecule has 2 bridgehead atoms. The molecule has 1 aliphatic heterocycles. The van der Waals surface area contributed by atoms with Gasteiger partial charge in [0, 0.05) is 5.25 Å². The van der Waals surface area contributed by atoms with Gasteiger partial charge in [-0.3, -0.25) is 0 Å². The van der Waals surface area contributed by atoms with E-state index in [1.807, 2.05) is 5.57 Å². The van der Waals surface area contributed by atoms with Gasteiger partial charge in [-0.2, -0.15) is 11.8 Å². The summed E-state index contributed by atoms with van der Waals surface area (Å²) in [4.78, 5) is 0. The fraction of sp³-hybridized carbons (Fsp3) is 0.857. The van der Waals surface area contributed by atoms with Crippen LogP contribution in [0.5, 0.6) is 0 Å². The molecule has 84 valence electrons. The van der Waals surface area contributed by atoms with E-state index in [1.165, 1.54) is 37.9 Å². The molecule has 0 nitrogen and oxygen atoms in total. The van der Waals surface area contributed by atoms with Gasteiger partial charge >= 0.3 is 0 Å². The maximum Gasteiger partial charge on any atom is 0.00846 e. The monoisotopic (exact) mass is 222 g/mol. The number of rotatable bonds is 2. The highest BCUT2D eigenvalue weighted by atomic mass is 32.2. The molecule has 0 N–H and O–H groups in total. The molecular formula is C14H22S. The lowest BCUT2D eigenvalue weighted by Gasteiger charge is -2.56. The molecule has 0 aromatic carbocycles. The van der Waals surface area contributed by atoms with Crippen molar-refractivity contribution in [1.82, 2.24) is 0 Å². The Morgan fingerprint density at radius 2 is 2.33 bits per heavy atom. The standard InChI is InChI=1S/C14H22S/c1-14(2)11-6-5-10(13(14)9-11)8-12-4-3-7-15-12/h5,11-13H,3-4,6-9H2,1-2H3. The van der Waals surface area contributed by atoms with E-state index in [0.29, 0.717) is 5.41 Å². The van der Waals surface area contributed by atoms with Crippen LogP contribution < -0.4 is 0 Å². The van der Waals surface area contributed by atoms with Gasteiger partial charge in [0.25, 0.3) is 0 Å². The van der Waals surface area contributed by atoms with Crippen LogP contribution in [0.25, 0.3) is 0 Å². The Morgan fingerprint density at radius 3 is 2.93 bits per heavy atom. The largest absolute Gasteiger partial charge is 0.158 e. The lowest BCUT2D eigenvalue weighted by atomic mass is 9.48. The summed E-state index contributed by atoms with van der Waals surface area (Å²) < 4.78 is 0. The van der Waals surface area contributed by atoms with Gasteiger partial charge in [0.2, 0.25) is 0 Å². The third-order valence-corrected chi connectivity index (χ3v) is 6.47. The van der Waals surface area contributed by atoms with Crippen molar-refractivity contribution in [2.75, 3.05) is 5.75 Å². The molecule has 0 radical (unpaired) electrons. The molecule has 4 aliphatic rings. The minimum Gasteiger partial charge on any atom is -0.158 e. The fourth-order valence-corrected chi connectivity index (χ4v) is 5.09. The third kappa shape index (κ3) is 1.58. The molecule has 4 rings (SSSR count). The van der Waals surface area contributed by atoms with E-state index >= 15 is 0 Å². The Hall–Kier alpha value is 0.0900. The zero-order valence-electron chi connectivity index (χ0n) is 9.96. The van der Waals surface area contributed by atoms with E-state index in [2.05, 4.69) is 31.7 Å². The van der Waals surface area contributed by atoms with Crippen LogP contribution in [0.1, 0.15) is 46.0 Å². The molecule has 0 aromatic heterocycles. The van der Waals surface area contributed by atoms with Crippen molar-refractivity contribution >= 4 is 11.8 Å². The minimum absolute atomic E-state index is 0.632. The van der Waals surface area contributed by atoms with Gasteiger partial charge in [0.1, 0.15) is 0 Å². The van der Waals surface area contributed by atoms with Gasteiger partial charge in [-0.15, -0.1) is 0 Å². The first-order valence-electron chi connectivity index (χ1n) is 6.48. The Bertz CT molecular complexity index is 284. The molecule has 15 heavy (non-hydrogen) atoms. The summed E-state index contributed by atoms with van der Waals surface area (Å²) in [5, 5.41) is 0.962. The second-order valence-electron chi connectivity index (χ2n) is 6.16. The van der Waals surface area contributed by atoms with Crippen LogP contribution in [0.15, 0.2) is 11.6 Å². The van der Waals surface area contributed by atoms with Crippen LogP contribution in [0.3, 0.4) is 0 Å². The van der Waals surface area contributed by atoms with Crippen molar-refractivity contribution in [2.24, 2.45) is 17.3 Å². The molecule has 1 saturated heterocycles. The number of hydrogen-bond donors (Lipinski definition) is 0. The maximum absolute atomic E-state index is 2.59. The van der Waals surface area contributed by atoms with Gasteiger partial charge in [-0.05, 0) is 55.1 Å². The van der Waals surface area contributed by atoms with Crippen molar-refractivity contribution in [3.8, 4) is 0 Å². The number of thioether (sulfide) groups is 1. The van der Waals surface area contributed by atoms with Crippen molar-refractivity contribution in [2.45, 2.75) is 51.2 Å². The summed E-state index contributed by atoms with van der Waals surface area (Å²) in [6.45, 7) is 4.97. The first-order chi connectivity index (χ1) is 7.18. The van der Waals surface area contributed by atoms with Gasteiger partial charge in [0.05, 0.1) is 0 Å². The zero-order valence-corrected chi connectivity index (χ0v) is 10.8. The van der Waals surface area contributed by atoms with E-state index in [4.69, 9.17) is 0 Å². The summed E-state index contributed by atoms with van der Waals surface area (Å²) in [6.07, 6.45) is 9.79. The predicted molar refractivity (Wildman–Crippen MR) is 68.2 cm³/mol. The van der Waals surface area contributed by atoms with E-state index < -0.39 is 0 Å². The summed E-state index contributed by atoms with van der Waals surface area (Å²) in [5.41, 5.74) is 2.45. The molecular weight excluding hydrogens is 200 g/mol. The van der Waals surface area contributed by atoms with E-state index in [1.54, 1.807) is 0 Å². The SMILES string of the molecule is CC1(C)C2CC=C(CC3CCCS3)C1C2. The summed E-state index contributed by atoms with van der Waals surface area (Å²) in [6, 6.07) is 0. The number of hydrogen-bond acceptors (Lipinski definition) is 1. The average molecular weight is 222 g/mol. The highest BCUT2D eigenvalue weighted by Crippen LogP contribution is 2.60. The highest BCUT2D eigenvalue weighted by Gasteiger charge is 2.51. The molecule has 1 saturated carbocycles. The molecule has 0 spiro atoms. The Morgan fingerprint density at radius 1 is 1.47 bits per heavy atom. The van der Waals surface area contributed by atoms with Gasteiger partial charge in [-0.25, -0.2) is 0 Å². The molecule has 0 amide bonds. The van der Waals surface area contributed by atoms with Gasteiger partial charge < -0.3 is 0 Å². The first-order valence-corrected chi connectivity index (χ1v) is 7.53. The molecule has 3 atom stereocenters. The lowest BCUT2D eigenvalue weighted by Crippen LogP contribution is -2.48. The van der Waals surface area contributed by atoms with Gasteiger partial charge in [-0.1, -0.05) is 25.5 Å². The number of allylic oxidation sites excluding steroid dienone is 2. The molecule has 1 heterocycles. The third-order valence-electron chi connectivity index (χ3n) is 5.07. The summed E-state index contributed by atoms with van der Waals surface area (Å²) >= 11 is 2.21. The fourth-order valence-electron chi connectivity index (χ4n) is 3.77. The zero-order chi connectivity index (χ0) is 10.5. The molecule has 1 heteroatoms. The van der Waals surface area contributed by atoms with Crippen LogP contribution in [0, 0.1) is 17.3 Å². The molecule has 2 fully saturated rings. The van der Waals surface area contributed by atoms with E-state index in [-0.39, 0.29) is 0 Å². The Labute approximate surface area is 97.9 Å². The predicted octanol–water partition coefficient (Wildman–Crippen LogP) is 4.26. The summed E-state index contributed by atoms with van der Waals surface area (Å²) in [5.74, 6) is 3.36. The normalized spacial score (nSPS) is 42.3. The molecule has 3 aliphatic carbocycles. The maximum atomic E-state index is 2.59. The Balaban J connectivity index is 1.69. The van der Waals surface area contributed by atoms with Crippen molar-refractivity contribution in [3.63, 3.8) is 0 Å². The molecule has 0 aromatic rings. The average Bonchev–Trinajstić information content (AvgIpc) is 2.70. The van der Waals surface area contributed by atoms with Crippen LogP contribution in [-0.2, 0) is 0 Å². The van der Waals surface area contributed by atoms with Gasteiger partial charge in [0.15, 0.2) is 0 Å². The first kappa shape index (κ1) is 10.3. The quantitative estimate of drug-likeness (QED) is 0.629. The van der Waals surface area contributed by atoms with Crippen LogP contribution in [-0.4, -0.2) is 11.0 Å². The Kier molecular flexibility index (Phi) is 2.43. The smallest absolute Gasteiger partial charge is 0.00846 e. The van der Waals surface area contributed by atoms with E-state index in [0.717, 1.165) is 17.1 Å². The lowest BCUT2D eigenvalue weighted by molar-refractivity contribution is -0.00821. The van der Waals surface area contributed by atoms with Crippen LogP contribution in [0.2, 0.25) is 0 Å². The minimum atomic E-state index is 0.632. The second kappa shape index (κ2) is 3.55. The summed E-state index contributed by atoms with van der Waals surface area (Å²) in [7, 11) is 0. The number of fused-ring (bicyclic) bond motifs is 1.